The molecule has 0 unspecified atom stereocenters. The zero-order chi connectivity index (χ0) is 9.14. The van der Waals surface area contributed by atoms with Gasteiger partial charge >= 0.3 is 5.97 Å². The van der Waals surface area contributed by atoms with E-state index in [0.717, 1.165) is 11.1 Å². The van der Waals surface area contributed by atoms with E-state index in [9.17, 15) is 4.79 Å². The van der Waals surface area contributed by atoms with Crippen LogP contribution in [0.15, 0.2) is 6.07 Å². The first-order valence-electron chi connectivity index (χ1n) is 3.64. The van der Waals surface area contributed by atoms with Gasteiger partial charge in [-0.15, -0.1) is 0 Å². The molecule has 0 fully saturated rings. The Bertz CT molecular complexity index is 303. The van der Waals surface area contributed by atoms with Crippen molar-refractivity contribution in [2.24, 2.45) is 0 Å². The Morgan fingerprint density at radius 2 is 2.08 bits per heavy atom. The molecule has 0 saturated heterocycles. The molecule has 0 aromatic heterocycles. The quantitative estimate of drug-likeness (QED) is 0.587. The molecule has 0 aliphatic heterocycles. The highest BCUT2D eigenvalue weighted by atomic mass is 16.5. The van der Waals surface area contributed by atoms with Crippen LogP contribution < -0.4 is 0 Å². The Morgan fingerprint density at radius 1 is 1.42 bits per heavy atom. The summed E-state index contributed by atoms with van der Waals surface area (Å²) in [6, 6.07) is 7.49. The van der Waals surface area contributed by atoms with Crippen LogP contribution in [-0.4, -0.2) is 13.1 Å². The van der Waals surface area contributed by atoms with Crippen molar-refractivity contribution >= 4 is 5.97 Å². The number of esters is 1. The van der Waals surface area contributed by atoms with Gasteiger partial charge in [-0.05, 0) is 43.2 Å². The summed E-state index contributed by atoms with van der Waals surface area (Å²) in [6.45, 7) is 3.67. The number of methoxy groups -OCH3 is 1. The second-order valence-corrected chi connectivity index (χ2v) is 2.61. The van der Waals surface area contributed by atoms with Crippen LogP contribution in [0.1, 0.15) is 21.5 Å². The number of carbonyl (C=O) groups excluding carboxylic acids is 1. The van der Waals surface area contributed by atoms with Crippen molar-refractivity contribution in [3.8, 4) is 0 Å². The van der Waals surface area contributed by atoms with E-state index in [0.29, 0.717) is 5.56 Å². The molecule has 0 bridgehead atoms. The average molecular weight is 162 g/mol. The van der Waals surface area contributed by atoms with Crippen LogP contribution in [0.4, 0.5) is 0 Å². The number of benzene rings is 1. The van der Waals surface area contributed by atoms with Crippen molar-refractivity contribution in [3.63, 3.8) is 0 Å². The van der Waals surface area contributed by atoms with Crippen LogP contribution in [0.3, 0.4) is 0 Å². The molecule has 0 atom stereocenters. The third-order valence-corrected chi connectivity index (χ3v) is 1.62. The van der Waals surface area contributed by atoms with Gasteiger partial charge in [0.15, 0.2) is 0 Å². The van der Waals surface area contributed by atoms with Crippen LogP contribution in [0.2, 0.25) is 0 Å². The fourth-order valence-electron chi connectivity index (χ4n) is 0.942. The van der Waals surface area contributed by atoms with Gasteiger partial charge in [-0.25, -0.2) is 4.79 Å². The fraction of sp³-hybridized carbons (Fsp3) is 0.300. The third-order valence-electron chi connectivity index (χ3n) is 1.62. The maximum Gasteiger partial charge on any atom is 0.338 e. The second kappa shape index (κ2) is 3.39. The Morgan fingerprint density at radius 3 is 2.67 bits per heavy atom. The lowest BCUT2D eigenvalue weighted by Crippen LogP contribution is -2.04. The summed E-state index contributed by atoms with van der Waals surface area (Å²) in [7, 11) is 1.37. The third kappa shape index (κ3) is 1.64. The maximum atomic E-state index is 11.1. The van der Waals surface area contributed by atoms with Crippen LogP contribution in [-0.2, 0) is 4.74 Å². The highest BCUT2D eigenvalue weighted by Gasteiger charge is 2.08. The number of carbonyl (C=O) groups is 1. The molecule has 0 aliphatic rings. The standard InChI is InChI=1S/C10H10O2/c1-7-4-5-8(2)9(6-7)10(11)12-3/h6H,1-3H3. The van der Waals surface area contributed by atoms with Gasteiger partial charge in [0, 0.05) is 0 Å². The predicted octanol–water partition coefficient (Wildman–Crippen LogP) is 1.69. The lowest BCUT2D eigenvalue weighted by atomic mass is 10.1. The van der Waals surface area contributed by atoms with Crippen LogP contribution >= 0.6 is 0 Å². The molecule has 62 valence electrons. The molecule has 0 saturated carbocycles. The van der Waals surface area contributed by atoms with Gasteiger partial charge in [-0.2, -0.15) is 0 Å². The smallest absolute Gasteiger partial charge is 0.338 e. The van der Waals surface area contributed by atoms with E-state index >= 15 is 0 Å². The van der Waals surface area contributed by atoms with Crippen molar-refractivity contribution in [1.29, 1.82) is 0 Å². The molecule has 1 aromatic rings. The Hall–Kier alpha value is -1.31. The van der Waals surface area contributed by atoms with Gasteiger partial charge in [0.2, 0.25) is 0 Å². The minimum Gasteiger partial charge on any atom is -0.465 e. The number of rotatable bonds is 1. The van der Waals surface area contributed by atoms with Gasteiger partial charge < -0.3 is 4.74 Å². The summed E-state index contributed by atoms with van der Waals surface area (Å²) in [5.41, 5.74) is 2.22. The molecule has 0 heterocycles. The lowest BCUT2D eigenvalue weighted by Gasteiger charge is -2.02. The predicted molar refractivity (Wildman–Crippen MR) is 44.9 cm³/mol. The SMILES string of the molecule is COC(=O)c1cc(C)[c][c]c1C. The Labute approximate surface area is 72.2 Å². The van der Waals surface area contributed by atoms with E-state index in [1.54, 1.807) is 6.07 Å². The fourth-order valence-corrected chi connectivity index (χ4v) is 0.942. The highest BCUT2D eigenvalue weighted by molar-refractivity contribution is 5.90. The molecule has 0 aliphatic carbocycles. The summed E-state index contributed by atoms with van der Waals surface area (Å²) < 4.78 is 4.60. The number of hydrogen-bond acceptors (Lipinski definition) is 2. The van der Waals surface area contributed by atoms with Gasteiger partial charge in [0.05, 0.1) is 12.7 Å². The first kappa shape index (κ1) is 8.78. The zero-order valence-electron chi connectivity index (χ0n) is 7.39. The molecule has 0 N–H and O–H groups in total. The van der Waals surface area contributed by atoms with E-state index < -0.39 is 0 Å². The van der Waals surface area contributed by atoms with Gasteiger partial charge in [0.25, 0.3) is 0 Å². The van der Waals surface area contributed by atoms with E-state index in [4.69, 9.17) is 0 Å². The van der Waals surface area contributed by atoms with Gasteiger partial charge in [-0.1, -0.05) is 0 Å². The Balaban J connectivity index is 3.13. The number of aryl methyl sites for hydroxylation is 2. The van der Waals surface area contributed by atoms with E-state index in [2.05, 4.69) is 16.9 Å². The molecule has 12 heavy (non-hydrogen) atoms. The average Bonchev–Trinajstić information content (AvgIpc) is 2.08. The Kier molecular flexibility index (Phi) is 2.48. The van der Waals surface area contributed by atoms with Crippen LogP contribution in [0, 0.1) is 26.0 Å². The summed E-state index contributed by atoms with van der Waals surface area (Å²) in [6.07, 6.45) is 0. The highest BCUT2D eigenvalue weighted by Crippen LogP contribution is 2.10. The van der Waals surface area contributed by atoms with E-state index in [1.807, 2.05) is 13.8 Å². The summed E-state index contributed by atoms with van der Waals surface area (Å²) in [5.74, 6) is -0.319. The van der Waals surface area contributed by atoms with Crippen molar-refractivity contribution in [1.82, 2.24) is 0 Å². The molecule has 2 nitrogen and oxygen atoms in total. The lowest BCUT2D eigenvalue weighted by molar-refractivity contribution is 0.0600. The molecule has 0 spiro atoms. The number of ether oxygens (including phenoxy) is 1. The van der Waals surface area contributed by atoms with Gasteiger partial charge in [0.1, 0.15) is 0 Å². The van der Waals surface area contributed by atoms with Gasteiger partial charge in [-0.3, -0.25) is 0 Å². The van der Waals surface area contributed by atoms with Crippen LogP contribution in [0.5, 0.6) is 0 Å². The zero-order valence-corrected chi connectivity index (χ0v) is 7.39. The monoisotopic (exact) mass is 162 g/mol. The summed E-state index contributed by atoms with van der Waals surface area (Å²) in [4.78, 5) is 11.1. The summed E-state index contributed by atoms with van der Waals surface area (Å²) in [5, 5.41) is 0. The first-order valence-corrected chi connectivity index (χ1v) is 3.64. The minimum atomic E-state index is -0.319. The molecular formula is C10H10O2. The van der Waals surface area contributed by atoms with E-state index in [-0.39, 0.29) is 5.97 Å². The number of hydrogen-bond donors (Lipinski definition) is 0. The van der Waals surface area contributed by atoms with Crippen LogP contribution in [0.25, 0.3) is 0 Å². The molecule has 0 amide bonds. The summed E-state index contributed by atoms with van der Waals surface area (Å²) >= 11 is 0. The molecule has 1 aromatic carbocycles. The minimum absolute atomic E-state index is 0.319. The topological polar surface area (TPSA) is 26.3 Å². The maximum absolute atomic E-state index is 11.1. The van der Waals surface area contributed by atoms with E-state index in [1.165, 1.54) is 7.11 Å². The molecule has 1 rings (SSSR count). The second-order valence-electron chi connectivity index (χ2n) is 2.61. The normalized spacial score (nSPS) is 9.58. The largest absolute Gasteiger partial charge is 0.465 e. The molecule has 2 heteroatoms. The van der Waals surface area contributed by atoms with Crippen molar-refractivity contribution in [2.45, 2.75) is 13.8 Å². The van der Waals surface area contributed by atoms with Crippen molar-refractivity contribution in [3.05, 3.63) is 34.9 Å². The molecule has 2 radical (unpaired) electrons. The van der Waals surface area contributed by atoms with Crippen molar-refractivity contribution < 1.29 is 9.53 Å². The molecular weight excluding hydrogens is 152 g/mol. The first-order chi connectivity index (χ1) is 5.65. The van der Waals surface area contributed by atoms with Crippen molar-refractivity contribution in [2.75, 3.05) is 7.11 Å².